The van der Waals surface area contributed by atoms with E-state index in [-0.39, 0.29) is 5.91 Å². The summed E-state index contributed by atoms with van der Waals surface area (Å²) in [6, 6.07) is 2.05. The van der Waals surface area contributed by atoms with Gasteiger partial charge in [0.1, 0.15) is 0 Å². The van der Waals surface area contributed by atoms with E-state index in [1.807, 2.05) is 30.8 Å². The molecule has 0 radical (unpaired) electrons. The molecule has 0 bridgehead atoms. The zero-order valence-electron chi connectivity index (χ0n) is 12.6. The first-order valence-electron chi connectivity index (χ1n) is 6.93. The fourth-order valence-corrected chi connectivity index (χ4v) is 2.60. The van der Waals surface area contributed by atoms with Crippen LogP contribution in [-0.2, 0) is 11.3 Å². The number of aromatic nitrogens is 3. The fourth-order valence-electron chi connectivity index (χ4n) is 2.02. The zero-order valence-corrected chi connectivity index (χ0v) is 13.4. The second kappa shape index (κ2) is 7.17. The van der Waals surface area contributed by atoms with Crippen LogP contribution in [0, 0.1) is 20.8 Å². The number of carbonyl (C=O) groups is 1. The maximum atomic E-state index is 11.7. The monoisotopic (exact) mass is 304 g/mol. The SMILES string of the molecule is Cc1cc(C)n(CCCNC(=O)/C=C/c2csc(C)n2)n1. The quantitative estimate of drug-likeness (QED) is 0.659. The van der Waals surface area contributed by atoms with Crippen LogP contribution in [0.4, 0.5) is 0 Å². The molecule has 0 saturated carbocycles. The molecule has 21 heavy (non-hydrogen) atoms. The van der Waals surface area contributed by atoms with Crippen LogP contribution in [0.2, 0.25) is 0 Å². The Balaban J connectivity index is 1.70. The maximum absolute atomic E-state index is 11.7. The number of hydrogen-bond donors (Lipinski definition) is 1. The molecule has 1 N–H and O–H groups in total. The van der Waals surface area contributed by atoms with E-state index in [1.165, 1.54) is 6.08 Å². The molecule has 1 amide bonds. The van der Waals surface area contributed by atoms with Crippen LogP contribution in [0.1, 0.15) is 28.5 Å². The largest absolute Gasteiger partial charge is 0.352 e. The summed E-state index contributed by atoms with van der Waals surface area (Å²) in [6.07, 6.45) is 4.12. The molecule has 0 atom stereocenters. The Hall–Kier alpha value is -1.95. The maximum Gasteiger partial charge on any atom is 0.244 e. The van der Waals surface area contributed by atoms with Crippen molar-refractivity contribution >= 4 is 23.3 Å². The lowest BCUT2D eigenvalue weighted by atomic mass is 10.3. The van der Waals surface area contributed by atoms with Crippen molar-refractivity contribution in [3.8, 4) is 0 Å². The lowest BCUT2D eigenvalue weighted by Gasteiger charge is -2.04. The van der Waals surface area contributed by atoms with Crippen molar-refractivity contribution in [3.05, 3.63) is 39.6 Å². The summed E-state index contributed by atoms with van der Waals surface area (Å²) >= 11 is 1.57. The van der Waals surface area contributed by atoms with Crippen molar-refractivity contribution < 1.29 is 4.79 Å². The Morgan fingerprint density at radius 1 is 1.43 bits per heavy atom. The Bertz CT molecular complexity index is 642. The van der Waals surface area contributed by atoms with E-state index < -0.39 is 0 Å². The minimum Gasteiger partial charge on any atom is -0.352 e. The van der Waals surface area contributed by atoms with Crippen LogP contribution >= 0.6 is 11.3 Å². The highest BCUT2D eigenvalue weighted by molar-refractivity contribution is 7.09. The number of rotatable bonds is 6. The van der Waals surface area contributed by atoms with Crippen molar-refractivity contribution in [1.29, 1.82) is 0 Å². The number of amides is 1. The molecule has 0 spiro atoms. The number of hydrogen-bond acceptors (Lipinski definition) is 4. The van der Waals surface area contributed by atoms with Crippen LogP contribution in [0.15, 0.2) is 17.5 Å². The lowest BCUT2D eigenvalue weighted by Crippen LogP contribution is -2.23. The van der Waals surface area contributed by atoms with Gasteiger partial charge in [-0.15, -0.1) is 11.3 Å². The van der Waals surface area contributed by atoms with Gasteiger partial charge in [-0.3, -0.25) is 9.48 Å². The first kappa shape index (κ1) is 15.4. The summed E-state index contributed by atoms with van der Waals surface area (Å²) in [5, 5.41) is 10.2. The van der Waals surface area contributed by atoms with Gasteiger partial charge in [-0.1, -0.05) is 0 Å². The Morgan fingerprint density at radius 3 is 2.86 bits per heavy atom. The van der Waals surface area contributed by atoms with Crippen LogP contribution in [0.25, 0.3) is 6.08 Å². The van der Waals surface area contributed by atoms with E-state index in [0.29, 0.717) is 6.54 Å². The first-order valence-corrected chi connectivity index (χ1v) is 7.81. The standard InChI is InChI=1S/C15H20N4OS/c1-11-9-12(2)19(18-11)8-4-7-16-15(20)6-5-14-10-21-13(3)17-14/h5-6,9-10H,4,7-8H2,1-3H3,(H,16,20)/b6-5+. The third kappa shape index (κ3) is 4.82. The van der Waals surface area contributed by atoms with Gasteiger partial charge in [0.2, 0.25) is 5.91 Å². The third-order valence-electron chi connectivity index (χ3n) is 2.99. The molecule has 0 saturated heterocycles. The summed E-state index contributed by atoms with van der Waals surface area (Å²) in [5.74, 6) is -0.0889. The molecule has 112 valence electrons. The summed E-state index contributed by atoms with van der Waals surface area (Å²) in [7, 11) is 0. The van der Waals surface area contributed by atoms with E-state index in [2.05, 4.69) is 21.5 Å². The van der Waals surface area contributed by atoms with Gasteiger partial charge in [-0.25, -0.2) is 4.98 Å². The topological polar surface area (TPSA) is 59.8 Å². The van der Waals surface area contributed by atoms with E-state index >= 15 is 0 Å². The van der Waals surface area contributed by atoms with Crippen molar-refractivity contribution in [3.63, 3.8) is 0 Å². The van der Waals surface area contributed by atoms with E-state index in [4.69, 9.17) is 0 Å². The highest BCUT2D eigenvalue weighted by Crippen LogP contribution is 2.08. The number of nitrogens with zero attached hydrogens (tertiary/aromatic N) is 3. The summed E-state index contributed by atoms with van der Waals surface area (Å²) in [4.78, 5) is 15.9. The van der Waals surface area contributed by atoms with E-state index in [1.54, 1.807) is 17.4 Å². The average molecular weight is 304 g/mol. The van der Waals surface area contributed by atoms with Gasteiger partial charge in [-0.05, 0) is 39.3 Å². The van der Waals surface area contributed by atoms with E-state index in [9.17, 15) is 4.79 Å². The molecule has 2 aromatic heterocycles. The van der Waals surface area contributed by atoms with Gasteiger partial charge >= 0.3 is 0 Å². The lowest BCUT2D eigenvalue weighted by molar-refractivity contribution is -0.116. The normalized spacial score (nSPS) is 11.2. The molecule has 0 aliphatic heterocycles. The van der Waals surface area contributed by atoms with Crippen molar-refractivity contribution in [2.75, 3.05) is 6.54 Å². The van der Waals surface area contributed by atoms with Crippen LogP contribution < -0.4 is 5.32 Å². The van der Waals surface area contributed by atoms with Gasteiger partial charge in [-0.2, -0.15) is 5.10 Å². The van der Waals surface area contributed by atoms with E-state index in [0.717, 1.165) is 35.1 Å². The Kier molecular flexibility index (Phi) is 5.27. The molecule has 0 aliphatic rings. The molecular weight excluding hydrogens is 284 g/mol. The highest BCUT2D eigenvalue weighted by atomic mass is 32.1. The van der Waals surface area contributed by atoms with Crippen LogP contribution in [0.5, 0.6) is 0 Å². The molecule has 0 unspecified atom stereocenters. The van der Waals surface area contributed by atoms with Crippen molar-refractivity contribution in [1.82, 2.24) is 20.1 Å². The van der Waals surface area contributed by atoms with Gasteiger partial charge in [0.05, 0.1) is 16.4 Å². The smallest absolute Gasteiger partial charge is 0.244 e. The fraction of sp³-hybridized carbons (Fsp3) is 0.400. The number of aryl methyl sites for hydroxylation is 4. The zero-order chi connectivity index (χ0) is 15.2. The highest BCUT2D eigenvalue weighted by Gasteiger charge is 2.01. The summed E-state index contributed by atoms with van der Waals surface area (Å²) < 4.78 is 1.97. The minimum absolute atomic E-state index is 0.0889. The molecule has 0 aliphatic carbocycles. The molecule has 0 fully saturated rings. The molecule has 0 aromatic carbocycles. The number of carbonyl (C=O) groups excluding carboxylic acids is 1. The summed E-state index contributed by atoms with van der Waals surface area (Å²) in [6.45, 7) is 7.42. The predicted octanol–water partition coefficient (Wildman–Crippen LogP) is 2.48. The Morgan fingerprint density at radius 2 is 2.24 bits per heavy atom. The summed E-state index contributed by atoms with van der Waals surface area (Å²) in [5.41, 5.74) is 3.01. The third-order valence-corrected chi connectivity index (χ3v) is 3.78. The second-order valence-corrected chi connectivity index (χ2v) is 5.98. The van der Waals surface area contributed by atoms with Crippen molar-refractivity contribution in [2.45, 2.75) is 33.7 Å². The molecule has 6 heteroatoms. The molecular formula is C15H20N4OS. The van der Waals surface area contributed by atoms with Gasteiger partial charge in [0.15, 0.2) is 0 Å². The van der Waals surface area contributed by atoms with Gasteiger partial charge < -0.3 is 5.32 Å². The molecule has 2 aromatic rings. The van der Waals surface area contributed by atoms with Gasteiger partial charge in [0.25, 0.3) is 0 Å². The second-order valence-electron chi connectivity index (χ2n) is 4.92. The van der Waals surface area contributed by atoms with Crippen LogP contribution in [-0.4, -0.2) is 27.2 Å². The van der Waals surface area contributed by atoms with Gasteiger partial charge in [0, 0.05) is 30.2 Å². The molecule has 2 rings (SSSR count). The minimum atomic E-state index is -0.0889. The van der Waals surface area contributed by atoms with Crippen molar-refractivity contribution in [2.24, 2.45) is 0 Å². The average Bonchev–Trinajstić information content (AvgIpc) is 2.98. The predicted molar refractivity (Wildman–Crippen MR) is 85.2 cm³/mol. The first-order chi connectivity index (χ1) is 10.0. The van der Waals surface area contributed by atoms with Crippen LogP contribution in [0.3, 0.4) is 0 Å². The molecule has 5 nitrogen and oxygen atoms in total. The molecule has 2 heterocycles. The Labute approximate surface area is 128 Å². The number of thiazole rings is 1. The number of nitrogens with one attached hydrogen (secondary N) is 1.